The first-order valence-corrected chi connectivity index (χ1v) is 8.93. The molecule has 146 valence electrons. The van der Waals surface area contributed by atoms with Gasteiger partial charge in [0.15, 0.2) is 5.78 Å². The van der Waals surface area contributed by atoms with Crippen molar-refractivity contribution in [3.63, 3.8) is 0 Å². The van der Waals surface area contributed by atoms with E-state index in [9.17, 15) is 14.3 Å². The number of carbonyl (C=O) groups is 1. The number of ketones is 1. The summed E-state index contributed by atoms with van der Waals surface area (Å²) >= 11 is 0. The summed E-state index contributed by atoms with van der Waals surface area (Å²) in [6.45, 7) is 1.53. The Bertz CT molecular complexity index is 678. The Morgan fingerprint density at radius 1 is 1.15 bits per heavy atom. The lowest BCUT2D eigenvalue weighted by Gasteiger charge is -2.20. The molecule has 2 aromatic rings. The third kappa shape index (κ3) is 7.56. The molecule has 2 aromatic carbocycles. The molecular formula is C21H26FNO4. The molecule has 0 amide bonds. The van der Waals surface area contributed by atoms with Crippen molar-refractivity contribution in [2.75, 3.05) is 33.4 Å². The molecule has 0 saturated carbocycles. The summed E-state index contributed by atoms with van der Waals surface area (Å²) in [4.78, 5) is 12.8. The Hall–Kier alpha value is -2.12. The van der Waals surface area contributed by atoms with Gasteiger partial charge in [-0.05, 0) is 17.7 Å². The van der Waals surface area contributed by atoms with Crippen LogP contribution in [0.15, 0.2) is 54.6 Å². The number of nitrogens with one attached hydrogen (secondary N) is 1. The largest absolute Gasteiger partial charge is 0.389 e. The normalized spacial score (nSPS) is 13.3. The number of carbonyl (C=O) groups excluding carboxylic acids is 1. The maximum Gasteiger partial charge on any atom is 0.191 e. The van der Waals surface area contributed by atoms with Crippen molar-refractivity contribution >= 4 is 5.78 Å². The minimum atomic E-state index is -0.758. The Balaban J connectivity index is 1.98. The smallest absolute Gasteiger partial charge is 0.191 e. The minimum absolute atomic E-state index is 0.0183. The number of benzene rings is 2. The van der Waals surface area contributed by atoms with E-state index in [4.69, 9.17) is 9.47 Å². The van der Waals surface area contributed by atoms with Crippen molar-refractivity contribution in [2.24, 2.45) is 0 Å². The average molecular weight is 375 g/mol. The number of Topliss-reactive ketones (excluding diaryl/α,β-unsaturated/α-hetero) is 1. The van der Waals surface area contributed by atoms with Gasteiger partial charge in [0.05, 0.1) is 19.3 Å². The first-order chi connectivity index (χ1) is 13.1. The monoisotopic (exact) mass is 375 g/mol. The summed E-state index contributed by atoms with van der Waals surface area (Å²) in [6, 6.07) is 14.8. The molecule has 0 spiro atoms. The highest BCUT2D eigenvalue weighted by atomic mass is 19.1. The summed E-state index contributed by atoms with van der Waals surface area (Å²) in [6.07, 6.45) is -1.20. The van der Waals surface area contributed by atoms with Crippen LogP contribution in [0.25, 0.3) is 0 Å². The summed E-state index contributed by atoms with van der Waals surface area (Å²) in [5.41, 5.74) is 1.33. The highest BCUT2D eigenvalue weighted by molar-refractivity contribution is 5.99. The second-order valence-electron chi connectivity index (χ2n) is 6.23. The van der Waals surface area contributed by atoms with E-state index in [1.165, 1.54) is 12.1 Å². The first-order valence-electron chi connectivity index (χ1n) is 8.93. The molecule has 2 rings (SSSR count). The van der Waals surface area contributed by atoms with Gasteiger partial charge in [0, 0.05) is 32.2 Å². The van der Waals surface area contributed by atoms with E-state index < -0.39 is 12.2 Å². The Morgan fingerprint density at radius 2 is 1.85 bits per heavy atom. The second kappa shape index (κ2) is 11.6. The van der Waals surface area contributed by atoms with Gasteiger partial charge < -0.3 is 19.9 Å². The highest BCUT2D eigenvalue weighted by Gasteiger charge is 2.22. The maximum absolute atomic E-state index is 13.1. The van der Waals surface area contributed by atoms with Crippen LogP contribution in [0.3, 0.4) is 0 Å². The number of hydrogen-bond acceptors (Lipinski definition) is 5. The summed E-state index contributed by atoms with van der Waals surface area (Å²) in [5.74, 6) is -0.498. The molecule has 0 bridgehead atoms. The van der Waals surface area contributed by atoms with Crippen molar-refractivity contribution in [2.45, 2.75) is 18.6 Å². The fourth-order valence-corrected chi connectivity index (χ4v) is 2.58. The van der Waals surface area contributed by atoms with Crippen LogP contribution >= 0.6 is 0 Å². The fourth-order valence-electron chi connectivity index (χ4n) is 2.58. The predicted molar refractivity (Wildman–Crippen MR) is 101 cm³/mol. The van der Waals surface area contributed by atoms with Crippen LogP contribution in [-0.2, 0) is 15.9 Å². The van der Waals surface area contributed by atoms with Gasteiger partial charge in [-0.3, -0.25) is 4.79 Å². The molecule has 0 heterocycles. The van der Waals surface area contributed by atoms with Gasteiger partial charge in [0.1, 0.15) is 11.9 Å². The Labute approximate surface area is 159 Å². The van der Waals surface area contributed by atoms with Crippen LogP contribution in [0.5, 0.6) is 0 Å². The van der Waals surface area contributed by atoms with Gasteiger partial charge in [-0.15, -0.1) is 0 Å². The molecule has 2 atom stereocenters. The van der Waals surface area contributed by atoms with Crippen LogP contribution in [0.4, 0.5) is 4.39 Å². The molecule has 2 unspecified atom stereocenters. The lowest BCUT2D eigenvalue weighted by Crippen LogP contribution is -2.36. The molecule has 2 N–H and O–H groups in total. The van der Waals surface area contributed by atoms with Gasteiger partial charge in [-0.25, -0.2) is 4.39 Å². The number of ether oxygens (including phenoxy) is 2. The van der Waals surface area contributed by atoms with Crippen molar-refractivity contribution in [3.8, 4) is 0 Å². The Morgan fingerprint density at radius 3 is 2.52 bits per heavy atom. The van der Waals surface area contributed by atoms with Crippen LogP contribution in [0.2, 0.25) is 0 Å². The van der Waals surface area contributed by atoms with Crippen molar-refractivity contribution in [1.82, 2.24) is 5.32 Å². The van der Waals surface area contributed by atoms with Gasteiger partial charge in [0.2, 0.25) is 0 Å². The molecule has 5 nitrogen and oxygen atoms in total. The number of aliphatic hydroxyl groups is 1. The standard InChI is InChI=1S/C21H26FNO4/c1-26-12-11-23-14-19(24)15-27-20(13-16-7-9-18(22)10-8-16)21(25)17-5-3-2-4-6-17/h2-10,19-20,23-24H,11-15H2,1H3. The van der Waals surface area contributed by atoms with Crippen molar-refractivity contribution in [1.29, 1.82) is 0 Å². The number of rotatable bonds is 12. The molecule has 0 aliphatic rings. The van der Waals surface area contributed by atoms with E-state index in [1.807, 2.05) is 6.07 Å². The number of aliphatic hydroxyl groups excluding tert-OH is 1. The average Bonchev–Trinajstić information content (AvgIpc) is 2.70. The summed E-state index contributed by atoms with van der Waals surface area (Å²) in [7, 11) is 1.61. The zero-order valence-corrected chi connectivity index (χ0v) is 15.4. The van der Waals surface area contributed by atoms with E-state index in [1.54, 1.807) is 43.5 Å². The van der Waals surface area contributed by atoms with E-state index in [2.05, 4.69) is 5.32 Å². The van der Waals surface area contributed by atoms with Crippen LogP contribution in [0.1, 0.15) is 15.9 Å². The number of methoxy groups -OCH3 is 1. The van der Waals surface area contributed by atoms with E-state index in [0.29, 0.717) is 31.7 Å². The van der Waals surface area contributed by atoms with Crippen LogP contribution in [-0.4, -0.2) is 56.5 Å². The highest BCUT2D eigenvalue weighted by Crippen LogP contribution is 2.13. The third-order valence-corrected chi connectivity index (χ3v) is 4.04. The third-order valence-electron chi connectivity index (χ3n) is 4.04. The molecule has 0 aromatic heterocycles. The molecular weight excluding hydrogens is 349 g/mol. The molecule has 0 aliphatic heterocycles. The fraction of sp³-hybridized carbons (Fsp3) is 0.381. The quantitative estimate of drug-likeness (QED) is 0.440. The van der Waals surface area contributed by atoms with E-state index >= 15 is 0 Å². The zero-order valence-electron chi connectivity index (χ0n) is 15.4. The number of halogens is 1. The van der Waals surface area contributed by atoms with Gasteiger partial charge in [0.25, 0.3) is 0 Å². The van der Waals surface area contributed by atoms with Crippen molar-refractivity contribution in [3.05, 3.63) is 71.5 Å². The molecule has 0 saturated heterocycles. The lowest BCUT2D eigenvalue weighted by atomic mass is 10.00. The van der Waals surface area contributed by atoms with Gasteiger partial charge in [-0.2, -0.15) is 0 Å². The minimum Gasteiger partial charge on any atom is -0.389 e. The maximum atomic E-state index is 13.1. The topological polar surface area (TPSA) is 67.8 Å². The van der Waals surface area contributed by atoms with Crippen LogP contribution < -0.4 is 5.32 Å². The van der Waals surface area contributed by atoms with Crippen LogP contribution in [0, 0.1) is 5.82 Å². The van der Waals surface area contributed by atoms with Gasteiger partial charge >= 0.3 is 0 Å². The number of hydrogen-bond donors (Lipinski definition) is 2. The predicted octanol–water partition coefficient (Wildman–Crippen LogP) is 2.23. The van der Waals surface area contributed by atoms with E-state index in [0.717, 1.165) is 5.56 Å². The molecule has 6 heteroatoms. The molecule has 27 heavy (non-hydrogen) atoms. The van der Waals surface area contributed by atoms with Crippen molar-refractivity contribution < 1.29 is 23.8 Å². The zero-order chi connectivity index (χ0) is 19.5. The lowest BCUT2D eigenvalue weighted by molar-refractivity contribution is -0.00198. The van der Waals surface area contributed by atoms with E-state index in [-0.39, 0.29) is 18.2 Å². The SMILES string of the molecule is COCCNCC(O)COC(Cc1ccc(F)cc1)C(=O)c1ccccc1. The molecule has 0 fully saturated rings. The summed E-state index contributed by atoms with van der Waals surface area (Å²) in [5, 5.41) is 13.1. The summed E-state index contributed by atoms with van der Waals surface area (Å²) < 4.78 is 23.8. The molecule has 0 radical (unpaired) electrons. The first kappa shape index (κ1) is 21.2. The second-order valence-corrected chi connectivity index (χ2v) is 6.23. The molecule has 0 aliphatic carbocycles. The Kier molecular flexibility index (Phi) is 9.07. The van der Waals surface area contributed by atoms with Gasteiger partial charge in [-0.1, -0.05) is 42.5 Å².